The summed E-state index contributed by atoms with van der Waals surface area (Å²) >= 11 is 1.67. The quantitative estimate of drug-likeness (QED) is 0.160. The molecule has 1 amide bonds. The number of rotatable bonds is 7. The average Bonchev–Trinajstić information content (AvgIpc) is 3.26. The second kappa shape index (κ2) is 9.53. The van der Waals surface area contributed by atoms with Crippen LogP contribution in [0.5, 0.6) is 0 Å². The molecule has 0 bridgehead atoms. The van der Waals surface area contributed by atoms with Gasteiger partial charge in [0.25, 0.3) is 5.91 Å². The molecule has 0 radical (unpaired) electrons. The number of hydrogen-bond acceptors (Lipinski definition) is 5. The molecule has 4 aromatic rings. The van der Waals surface area contributed by atoms with Crippen molar-refractivity contribution in [3.63, 3.8) is 0 Å². The van der Waals surface area contributed by atoms with Crippen LogP contribution in [0.25, 0.3) is 21.9 Å². The Balaban J connectivity index is 1.82. The molecular formula is C25H23N3O2S. The number of fused-ring (bicyclic) bond motifs is 1. The summed E-state index contributed by atoms with van der Waals surface area (Å²) in [5.41, 5.74) is 3.95. The van der Waals surface area contributed by atoms with E-state index in [4.69, 9.17) is 10.3 Å². The van der Waals surface area contributed by atoms with Crippen LogP contribution in [0.3, 0.4) is 0 Å². The van der Waals surface area contributed by atoms with E-state index in [1.807, 2.05) is 66.7 Å². The monoisotopic (exact) mass is 429 g/mol. The molecule has 3 N–H and O–H groups in total. The maximum absolute atomic E-state index is 13.2. The standard InChI is InChI=1S/C25H23N3O2S/c1-2-12-31-23-14-19(16-30-23)24-21-10-8-17(15-27-26)13-18(21)9-11-22(24)25(29)28-20-6-4-3-5-7-20/h3-11,13-16H,2,12,26H2,1H3,(H,28,29). The van der Waals surface area contributed by atoms with Gasteiger partial charge < -0.3 is 15.6 Å². The van der Waals surface area contributed by atoms with E-state index in [2.05, 4.69) is 17.3 Å². The summed E-state index contributed by atoms with van der Waals surface area (Å²) in [6.07, 6.45) is 4.39. The molecule has 1 aromatic heterocycles. The van der Waals surface area contributed by atoms with Crippen LogP contribution in [-0.2, 0) is 0 Å². The fourth-order valence-electron chi connectivity index (χ4n) is 3.46. The summed E-state index contributed by atoms with van der Waals surface area (Å²) in [6.45, 7) is 2.13. The van der Waals surface area contributed by atoms with Crippen molar-refractivity contribution in [2.45, 2.75) is 18.4 Å². The summed E-state index contributed by atoms with van der Waals surface area (Å²) < 4.78 is 5.78. The van der Waals surface area contributed by atoms with Crippen molar-refractivity contribution in [2.24, 2.45) is 10.9 Å². The zero-order valence-electron chi connectivity index (χ0n) is 17.2. The van der Waals surface area contributed by atoms with Gasteiger partial charge in [0.05, 0.1) is 12.5 Å². The number of nitrogens with two attached hydrogens (primary N) is 1. The highest BCUT2D eigenvalue weighted by atomic mass is 32.2. The summed E-state index contributed by atoms with van der Waals surface area (Å²) in [5, 5.41) is 9.40. The molecule has 1 heterocycles. The number of amides is 1. The minimum Gasteiger partial charge on any atom is -0.457 e. The minimum absolute atomic E-state index is 0.167. The van der Waals surface area contributed by atoms with Crippen LogP contribution in [0, 0.1) is 0 Å². The lowest BCUT2D eigenvalue weighted by molar-refractivity contribution is 0.102. The van der Waals surface area contributed by atoms with E-state index in [9.17, 15) is 4.79 Å². The predicted octanol–water partition coefficient (Wildman–Crippen LogP) is 6.15. The zero-order chi connectivity index (χ0) is 21.6. The number of carbonyl (C=O) groups excluding carboxylic acids is 1. The molecule has 6 heteroatoms. The van der Waals surface area contributed by atoms with Gasteiger partial charge >= 0.3 is 0 Å². The average molecular weight is 430 g/mol. The molecule has 5 nitrogen and oxygen atoms in total. The predicted molar refractivity (Wildman–Crippen MR) is 129 cm³/mol. The molecule has 0 fully saturated rings. The second-order valence-electron chi connectivity index (χ2n) is 7.07. The van der Waals surface area contributed by atoms with Gasteiger partial charge in [-0.15, -0.1) is 0 Å². The van der Waals surface area contributed by atoms with Gasteiger partial charge in [0.2, 0.25) is 0 Å². The van der Waals surface area contributed by atoms with Gasteiger partial charge in [-0.25, -0.2) is 0 Å². The number of nitrogens with one attached hydrogen (secondary N) is 1. The molecule has 31 heavy (non-hydrogen) atoms. The molecule has 0 unspecified atom stereocenters. The Morgan fingerprint density at radius 2 is 1.97 bits per heavy atom. The zero-order valence-corrected chi connectivity index (χ0v) is 18.0. The first-order valence-electron chi connectivity index (χ1n) is 10.1. The maximum atomic E-state index is 13.2. The topological polar surface area (TPSA) is 80.6 Å². The molecule has 0 saturated heterocycles. The van der Waals surface area contributed by atoms with Crippen LogP contribution in [0.1, 0.15) is 29.3 Å². The fraction of sp³-hybridized carbons (Fsp3) is 0.120. The Labute approximate surface area is 185 Å². The van der Waals surface area contributed by atoms with E-state index in [1.165, 1.54) is 0 Å². The SMILES string of the molecule is CCCSc1cc(-c2c(C(=O)Nc3ccccc3)ccc3cc(C=NN)ccc23)co1. The molecular weight excluding hydrogens is 406 g/mol. The summed E-state index contributed by atoms with van der Waals surface area (Å²) in [5.74, 6) is 6.12. The Bertz CT molecular complexity index is 1230. The third-order valence-corrected chi connectivity index (χ3v) is 5.97. The summed E-state index contributed by atoms with van der Waals surface area (Å²) in [4.78, 5) is 13.2. The van der Waals surface area contributed by atoms with Crippen LogP contribution < -0.4 is 11.2 Å². The number of furan rings is 1. The van der Waals surface area contributed by atoms with Crippen LogP contribution in [0.15, 0.2) is 87.6 Å². The van der Waals surface area contributed by atoms with Gasteiger partial charge in [0.1, 0.15) is 0 Å². The van der Waals surface area contributed by atoms with Crippen LogP contribution in [0.4, 0.5) is 5.69 Å². The molecule has 0 atom stereocenters. The van der Waals surface area contributed by atoms with E-state index in [1.54, 1.807) is 24.2 Å². The molecule has 0 spiro atoms. The normalized spacial score (nSPS) is 11.3. The largest absolute Gasteiger partial charge is 0.457 e. The first kappa shape index (κ1) is 20.8. The second-order valence-corrected chi connectivity index (χ2v) is 8.17. The van der Waals surface area contributed by atoms with E-state index in [-0.39, 0.29) is 5.91 Å². The lowest BCUT2D eigenvalue weighted by atomic mass is 9.93. The van der Waals surface area contributed by atoms with Gasteiger partial charge in [-0.05, 0) is 53.1 Å². The van der Waals surface area contributed by atoms with Gasteiger partial charge in [0.15, 0.2) is 5.09 Å². The van der Waals surface area contributed by atoms with Gasteiger partial charge in [-0.1, -0.05) is 55.1 Å². The Kier molecular flexibility index (Phi) is 6.38. The molecule has 156 valence electrons. The Morgan fingerprint density at radius 1 is 1.13 bits per heavy atom. The molecule has 0 aliphatic heterocycles. The summed E-state index contributed by atoms with van der Waals surface area (Å²) in [7, 11) is 0. The number of anilines is 1. The number of hydrogen-bond donors (Lipinski definition) is 2. The number of nitrogens with zero attached hydrogens (tertiary/aromatic N) is 1. The highest BCUT2D eigenvalue weighted by Gasteiger charge is 2.18. The van der Waals surface area contributed by atoms with E-state index in [0.29, 0.717) is 5.56 Å². The number of carbonyl (C=O) groups is 1. The first-order valence-corrected chi connectivity index (χ1v) is 11.1. The smallest absolute Gasteiger partial charge is 0.256 e. The number of benzene rings is 3. The number of para-hydroxylation sites is 1. The molecule has 3 aromatic carbocycles. The van der Waals surface area contributed by atoms with E-state index >= 15 is 0 Å². The van der Waals surface area contributed by atoms with Crippen molar-refractivity contribution in [3.8, 4) is 11.1 Å². The number of thioether (sulfide) groups is 1. The molecule has 4 rings (SSSR count). The van der Waals surface area contributed by atoms with Crippen molar-refractivity contribution in [1.29, 1.82) is 0 Å². The highest BCUT2D eigenvalue weighted by Crippen LogP contribution is 2.36. The van der Waals surface area contributed by atoms with Crippen molar-refractivity contribution in [2.75, 3.05) is 11.1 Å². The van der Waals surface area contributed by atoms with E-state index in [0.717, 1.165) is 50.4 Å². The molecule has 0 saturated carbocycles. The minimum atomic E-state index is -0.167. The Hall–Kier alpha value is -3.51. The van der Waals surface area contributed by atoms with Crippen LogP contribution in [0.2, 0.25) is 0 Å². The van der Waals surface area contributed by atoms with Crippen LogP contribution in [-0.4, -0.2) is 17.9 Å². The van der Waals surface area contributed by atoms with Crippen molar-refractivity contribution < 1.29 is 9.21 Å². The van der Waals surface area contributed by atoms with Gasteiger partial charge in [0, 0.05) is 28.1 Å². The summed E-state index contributed by atoms with van der Waals surface area (Å²) in [6, 6.07) is 21.2. The van der Waals surface area contributed by atoms with E-state index < -0.39 is 0 Å². The van der Waals surface area contributed by atoms with Crippen LogP contribution >= 0.6 is 11.8 Å². The van der Waals surface area contributed by atoms with Gasteiger partial charge in [-0.2, -0.15) is 5.10 Å². The Morgan fingerprint density at radius 3 is 2.74 bits per heavy atom. The molecule has 0 aliphatic carbocycles. The van der Waals surface area contributed by atoms with Crippen molar-refractivity contribution in [1.82, 2.24) is 0 Å². The van der Waals surface area contributed by atoms with Crippen molar-refractivity contribution in [3.05, 3.63) is 84.1 Å². The molecule has 0 aliphatic rings. The number of hydrazone groups is 1. The third kappa shape index (κ3) is 4.64. The maximum Gasteiger partial charge on any atom is 0.256 e. The van der Waals surface area contributed by atoms with Crippen molar-refractivity contribution >= 4 is 40.3 Å². The van der Waals surface area contributed by atoms with Gasteiger partial charge in [-0.3, -0.25) is 4.79 Å². The third-order valence-electron chi connectivity index (χ3n) is 4.86. The lowest BCUT2D eigenvalue weighted by Gasteiger charge is -2.13. The lowest BCUT2D eigenvalue weighted by Crippen LogP contribution is -2.13. The highest BCUT2D eigenvalue weighted by molar-refractivity contribution is 7.99. The fourth-order valence-corrected chi connectivity index (χ4v) is 4.19. The first-order chi connectivity index (χ1) is 15.2.